The van der Waals surface area contributed by atoms with Gasteiger partial charge in [0, 0.05) is 13.1 Å². The van der Waals surface area contributed by atoms with E-state index in [0.29, 0.717) is 11.4 Å². The molecule has 0 bridgehead atoms. The number of rotatable bonds is 3. The van der Waals surface area contributed by atoms with E-state index in [-0.39, 0.29) is 0 Å². The van der Waals surface area contributed by atoms with Gasteiger partial charge < -0.3 is 4.90 Å². The minimum atomic E-state index is 0.490. The molecule has 0 spiro atoms. The maximum Gasteiger partial charge on any atom is 0.175 e. The van der Waals surface area contributed by atoms with Crippen LogP contribution in [0.15, 0.2) is 41.5 Å². The molecule has 2 aromatic rings. The van der Waals surface area contributed by atoms with Crippen LogP contribution in [-0.2, 0) is 0 Å². The fraction of sp³-hybridized carbons (Fsp3) is 0.267. The molecule has 5 heteroatoms. The Bertz CT molecular complexity index is 645. The van der Waals surface area contributed by atoms with Crippen LogP contribution in [0.4, 0.5) is 5.82 Å². The summed E-state index contributed by atoms with van der Waals surface area (Å²) >= 11 is 0. The second-order valence-electron chi connectivity index (χ2n) is 4.73. The van der Waals surface area contributed by atoms with Crippen LogP contribution in [-0.4, -0.2) is 34.1 Å². The molecule has 0 unspecified atom stereocenters. The molecule has 5 nitrogen and oxygen atoms in total. The SMILES string of the molecule is N#Cc1cnn(-c2ccccc2)c1/N=C/N1CCCC1. The van der Waals surface area contributed by atoms with Gasteiger partial charge in [-0.05, 0) is 25.0 Å². The highest BCUT2D eigenvalue weighted by Crippen LogP contribution is 2.22. The number of aliphatic imine (C=N–C) groups is 1. The van der Waals surface area contributed by atoms with E-state index >= 15 is 0 Å². The molecule has 0 amide bonds. The van der Waals surface area contributed by atoms with E-state index < -0.39 is 0 Å². The fourth-order valence-electron chi connectivity index (χ4n) is 2.30. The average Bonchev–Trinajstić information content (AvgIpc) is 3.15. The zero-order valence-corrected chi connectivity index (χ0v) is 11.1. The lowest BCUT2D eigenvalue weighted by Gasteiger charge is -2.09. The van der Waals surface area contributed by atoms with E-state index in [4.69, 9.17) is 0 Å². The third kappa shape index (κ3) is 2.41. The van der Waals surface area contributed by atoms with Crippen molar-refractivity contribution in [2.24, 2.45) is 4.99 Å². The molecule has 20 heavy (non-hydrogen) atoms. The maximum atomic E-state index is 9.18. The second kappa shape index (κ2) is 5.57. The number of hydrogen-bond acceptors (Lipinski definition) is 3. The van der Waals surface area contributed by atoms with Gasteiger partial charge in [0.15, 0.2) is 5.82 Å². The van der Waals surface area contributed by atoms with Crippen molar-refractivity contribution in [3.63, 3.8) is 0 Å². The van der Waals surface area contributed by atoms with Crippen molar-refractivity contribution in [1.82, 2.24) is 14.7 Å². The van der Waals surface area contributed by atoms with Gasteiger partial charge >= 0.3 is 0 Å². The normalized spacial score (nSPS) is 14.8. The van der Waals surface area contributed by atoms with Gasteiger partial charge in [-0.3, -0.25) is 0 Å². The Morgan fingerprint density at radius 2 is 1.95 bits per heavy atom. The molecular weight excluding hydrogens is 250 g/mol. The summed E-state index contributed by atoms with van der Waals surface area (Å²) < 4.78 is 1.70. The molecule has 3 rings (SSSR count). The van der Waals surface area contributed by atoms with Crippen molar-refractivity contribution in [2.45, 2.75) is 12.8 Å². The number of nitriles is 1. The van der Waals surface area contributed by atoms with Crippen LogP contribution in [0.2, 0.25) is 0 Å². The smallest absolute Gasteiger partial charge is 0.175 e. The van der Waals surface area contributed by atoms with Gasteiger partial charge in [-0.1, -0.05) is 18.2 Å². The Morgan fingerprint density at radius 3 is 2.65 bits per heavy atom. The molecule has 1 aromatic heterocycles. The Labute approximate surface area is 117 Å². The molecule has 0 N–H and O–H groups in total. The van der Waals surface area contributed by atoms with E-state index in [2.05, 4.69) is 21.1 Å². The van der Waals surface area contributed by atoms with Crippen molar-refractivity contribution < 1.29 is 0 Å². The summed E-state index contributed by atoms with van der Waals surface area (Å²) in [7, 11) is 0. The zero-order chi connectivity index (χ0) is 13.8. The number of para-hydroxylation sites is 1. The number of aromatic nitrogens is 2. The van der Waals surface area contributed by atoms with E-state index in [0.717, 1.165) is 18.8 Å². The standard InChI is InChI=1S/C15H15N5/c16-10-13-11-18-20(14-6-2-1-3-7-14)15(13)17-12-19-8-4-5-9-19/h1-3,6-7,11-12H,4-5,8-9H2/b17-12+. The molecule has 2 heterocycles. The van der Waals surface area contributed by atoms with Gasteiger partial charge in [-0.2, -0.15) is 10.4 Å². The van der Waals surface area contributed by atoms with E-state index in [1.54, 1.807) is 10.9 Å². The van der Waals surface area contributed by atoms with Gasteiger partial charge in [0.1, 0.15) is 11.6 Å². The van der Waals surface area contributed by atoms with Crippen molar-refractivity contribution in [3.05, 3.63) is 42.1 Å². The first-order valence-corrected chi connectivity index (χ1v) is 6.70. The van der Waals surface area contributed by atoms with E-state index in [9.17, 15) is 5.26 Å². The van der Waals surface area contributed by atoms with E-state index in [1.165, 1.54) is 12.8 Å². The Hall–Kier alpha value is -2.61. The zero-order valence-electron chi connectivity index (χ0n) is 11.1. The van der Waals surface area contributed by atoms with Gasteiger partial charge in [-0.25, -0.2) is 9.67 Å². The van der Waals surface area contributed by atoms with Crippen LogP contribution in [0.3, 0.4) is 0 Å². The molecule has 1 aromatic carbocycles. The highest BCUT2D eigenvalue weighted by molar-refractivity contribution is 5.64. The van der Waals surface area contributed by atoms with Crippen LogP contribution in [0, 0.1) is 11.3 Å². The molecule has 1 aliphatic heterocycles. The first-order valence-electron chi connectivity index (χ1n) is 6.70. The minimum Gasteiger partial charge on any atom is -0.363 e. The quantitative estimate of drug-likeness (QED) is 0.633. The lowest BCUT2D eigenvalue weighted by molar-refractivity contribution is 0.535. The molecule has 1 fully saturated rings. The lowest BCUT2D eigenvalue weighted by Crippen LogP contribution is -2.16. The average molecular weight is 265 g/mol. The maximum absolute atomic E-state index is 9.18. The molecule has 1 aliphatic rings. The topological polar surface area (TPSA) is 57.2 Å². The summed E-state index contributed by atoms with van der Waals surface area (Å²) in [5.41, 5.74) is 1.40. The highest BCUT2D eigenvalue weighted by atomic mass is 15.3. The van der Waals surface area contributed by atoms with Crippen LogP contribution in [0.5, 0.6) is 0 Å². The molecule has 0 radical (unpaired) electrons. The van der Waals surface area contributed by atoms with Gasteiger partial charge in [0.05, 0.1) is 18.2 Å². The highest BCUT2D eigenvalue weighted by Gasteiger charge is 2.12. The minimum absolute atomic E-state index is 0.490. The lowest BCUT2D eigenvalue weighted by atomic mass is 10.3. The summed E-state index contributed by atoms with van der Waals surface area (Å²) in [5, 5.41) is 13.4. The third-order valence-corrected chi connectivity index (χ3v) is 3.35. The summed E-state index contributed by atoms with van der Waals surface area (Å²) in [6.07, 6.45) is 5.79. The third-order valence-electron chi connectivity index (χ3n) is 3.35. The number of nitrogens with zero attached hydrogens (tertiary/aromatic N) is 5. The number of hydrogen-bond donors (Lipinski definition) is 0. The summed E-state index contributed by atoms with van der Waals surface area (Å²) in [5.74, 6) is 0.589. The number of benzene rings is 1. The van der Waals surface area contributed by atoms with Crippen molar-refractivity contribution in [1.29, 1.82) is 5.26 Å². The molecule has 1 saturated heterocycles. The van der Waals surface area contributed by atoms with Crippen LogP contribution in [0.1, 0.15) is 18.4 Å². The van der Waals surface area contributed by atoms with Crippen LogP contribution in [0.25, 0.3) is 5.69 Å². The van der Waals surface area contributed by atoms with Crippen LogP contribution >= 0.6 is 0 Å². The monoisotopic (exact) mass is 265 g/mol. The molecule has 0 atom stereocenters. The van der Waals surface area contributed by atoms with Crippen molar-refractivity contribution >= 4 is 12.2 Å². The fourth-order valence-corrected chi connectivity index (χ4v) is 2.30. The van der Waals surface area contributed by atoms with Crippen molar-refractivity contribution in [2.75, 3.05) is 13.1 Å². The summed E-state index contributed by atoms with van der Waals surface area (Å²) in [4.78, 5) is 6.64. The first kappa shape index (κ1) is 12.4. The summed E-state index contributed by atoms with van der Waals surface area (Å²) in [6, 6.07) is 11.9. The van der Waals surface area contributed by atoms with Crippen molar-refractivity contribution in [3.8, 4) is 11.8 Å². The Morgan fingerprint density at radius 1 is 1.20 bits per heavy atom. The van der Waals surface area contributed by atoms with Gasteiger partial charge in [0.2, 0.25) is 0 Å². The van der Waals surface area contributed by atoms with Crippen LogP contribution < -0.4 is 0 Å². The molecule has 0 aliphatic carbocycles. The Kier molecular flexibility index (Phi) is 3.46. The largest absolute Gasteiger partial charge is 0.363 e. The second-order valence-corrected chi connectivity index (χ2v) is 4.73. The number of likely N-dealkylation sites (tertiary alicyclic amines) is 1. The predicted molar refractivity (Wildman–Crippen MR) is 77.2 cm³/mol. The van der Waals surface area contributed by atoms with E-state index in [1.807, 2.05) is 36.7 Å². The Balaban J connectivity index is 1.96. The first-order chi connectivity index (χ1) is 9.88. The predicted octanol–water partition coefficient (Wildman–Crippen LogP) is 2.50. The molecular formula is C15H15N5. The molecule has 0 saturated carbocycles. The van der Waals surface area contributed by atoms with Gasteiger partial charge in [-0.15, -0.1) is 0 Å². The van der Waals surface area contributed by atoms with Gasteiger partial charge in [0.25, 0.3) is 0 Å². The molecule has 100 valence electrons. The summed E-state index contributed by atoms with van der Waals surface area (Å²) in [6.45, 7) is 2.07.